The standard InChI is InChI=1S/C13H21N7O3/c14-2-1-3-16-13-19-10-11(15)17-6-18-12(10)20(13)9-4-7(22)8(5-21)23-9/h6-9,21-22H,1-5,14H2,(H,16,19)(H2,15,17,18)/t7-,8+,9+/m0/s1. The number of nitrogens with one attached hydrogen (secondary N) is 1. The number of anilines is 2. The Hall–Kier alpha value is -2.01. The van der Waals surface area contributed by atoms with Gasteiger partial charge in [0.2, 0.25) is 5.95 Å². The van der Waals surface area contributed by atoms with Gasteiger partial charge >= 0.3 is 0 Å². The van der Waals surface area contributed by atoms with Gasteiger partial charge in [0.15, 0.2) is 17.0 Å². The largest absolute Gasteiger partial charge is 0.394 e. The normalized spacial score (nSPS) is 24.4. The fourth-order valence-corrected chi connectivity index (χ4v) is 2.66. The van der Waals surface area contributed by atoms with Gasteiger partial charge in [-0.2, -0.15) is 0 Å². The van der Waals surface area contributed by atoms with Crippen molar-refractivity contribution < 1.29 is 14.9 Å². The van der Waals surface area contributed by atoms with Crippen LogP contribution in [0.5, 0.6) is 0 Å². The molecule has 0 aromatic carbocycles. The van der Waals surface area contributed by atoms with E-state index in [0.717, 1.165) is 6.42 Å². The van der Waals surface area contributed by atoms with Crippen molar-refractivity contribution in [1.29, 1.82) is 0 Å². The van der Waals surface area contributed by atoms with Crippen LogP contribution in [0.1, 0.15) is 19.1 Å². The first-order chi connectivity index (χ1) is 11.2. The summed E-state index contributed by atoms with van der Waals surface area (Å²) in [5.74, 6) is 0.796. The van der Waals surface area contributed by atoms with Crippen LogP contribution in [0.15, 0.2) is 6.33 Å². The number of aromatic nitrogens is 4. The Morgan fingerprint density at radius 3 is 2.96 bits per heavy atom. The molecular weight excluding hydrogens is 302 g/mol. The van der Waals surface area contributed by atoms with Crippen LogP contribution >= 0.6 is 0 Å². The average Bonchev–Trinajstić information content (AvgIpc) is 3.08. The zero-order valence-corrected chi connectivity index (χ0v) is 12.6. The fraction of sp³-hybridized carbons (Fsp3) is 0.615. The number of nitrogens with zero attached hydrogens (tertiary/aromatic N) is 4. The molecule has 10 nitrogen and oxygen atoms in total. The van der Waals surface area contributed by atoms with Gasteiger partial charge < -0.3 is 31.7 Å². The maximum absolute atomic E-state index is 9.98. The van der Waals surface area contributed by atoms with Crippen LogP contribution in [0.4, 0.5) is 11.8 Å². The Kier molecular flexibility index (Phi) is 4.57. The third-order valence-corrected chi connectivity index (χ3v) is 3.84. The molecule has 10 heteroatoms. The van der Waals surface area contributed by atoms with Crippen LogP contribution in [0.2, 0.25) is 0 Å². The predicted molar refractivity (Wildman–Crippen MR) is 83.5 cm³/mol. The van der Waals surface area contributed by atoms with Gasteiger partial charge in [0.1, 0.15) is 18.7 Å². The molecule has 23 heavy (non-hydrogen) atoms. The number of ether oxygens (including phenoxy) is 1. The number of imidazole rings is 1. The van der Waals surface area contributed by atoms with Gasteiger partial charge in [-0.3, -0.25) is 4.57 Å². The molecule has 0 spiro atoms. The lowest BCUT2D eigenvalue weighted by Crippen LogP contribution is -2.24. The zero-order chi connectivity index (χ0) is 16.4. The lowest BCUT2D eigenvalue weighted by Gasteiger charge is -2.17. The fourth-order valence-electron chi connectivity index (χ4n) is 2.66. The molecule has 3 atom stereocenters. The molecule has 1 aliphatic rings. The van der Waals surface area contributed by atoms with E-state index in [2.05, 4.69) is 20.3 Å². The Morgan fingerprint density at radius 1 is 1.43 bits per heavy atom. The van der Waals surface area contributed by atoms with E-state index < -0.39 is 18.4 Å². The number of fused-ring (bicyclic) bond motifs is 1. The van der Waals surface area contributed by atoms with Crippen LogP contribution in [0.3, 0.4) is 0 Å². The van der Waals surface area contributed by atoms with Gasteiger partial charge in [0.05, 0.1) is 12.7 Å². The van der Waals surface area contributed by atoms with E-state index >= 15 is 0 Å². The topological polar surface area (TPSA) is 157 Å². The maximum atomic E-state index is 9.98. The van der Waals surface area contributed by atoms with Crippen LogP contribution in [-0.4, -0.2) is 61.6 Å². The minimum atomic E-state index is -0.751. The molecule has 0 amide bonds. The third kappa shape index (κ3) is 2.93. The lowest BCUT2D eigenvalue weighted by molar-refractivity contribution is -0.0425. The molecule has 0 unspecified atom stereocenters. The minimum Gasteiger partial charge on any atom is -0.394 e. The van der Waals surface area contributed by atoms with E-state index in [-0.39, 0.29) is 12.4 Å². The van der Waals surface area contributed by atoms with Crippen molar-refractivity contribution in [3.63, 3.8) is 0 Å². The van der Waals surface area contributed by atoms with E-state index in [1.54, 1.807) is 4.57 Å². The molecule has 0 saturated carbocycles. The number of nitrogen functional groups attached to an aromatic ring is 1. The number of aliphatic hydroxyl groups is 2. The van der Waals surface area contributed by atoms with E-state index in [0.29, 0.717) is 36.6 Å². The summed E-state index contributed by atoms with van der Waals surface area (Å²) >= 11 is 0. The molecule has 1 saturated heterocycles. The van der Waals surface area contributed by atoms with Crippen molar-refractivity contribution >= 4 is 22.9 Å². The quantitative estimate of drug-likeness (QED) is 0.412. The van der Waals surface area contributed by atoms with Crippen molar-refractivity contribution in [2.45, 2.75) is 31.3 Å². The summed E-state index contributed by atoms with van der Waals surface area (Å²) in [6.45, 7) is 0.934. The van der Waals surface area contributed by atoms with Crippen molar-refractivity contribution in [2.75, 3.05) is 30.7 Å². The number of hydrogen-bond donors (Lipinski definition) is 5. The van der Waals surface area contributed by atoms with E-state index in [1.165, 1.54) is 6.33 Å². The molecule has 0 aliphatic carbocycles. The second-order valence-electron chi connectivity index (χ2n) is 5.42. The highest BCUT2D eigenvalue weighted by atomic mass is 16.5. The Morgan fingerprint density at radius 2 is 2.26 bits per heavy atom. The first-order valence-electron chi connectivity index (χ1n) is 7.52. The van der Waals surface area contributed by atoms with Crippen LogP contribution < -0.4 is 16.8 Å². The number of nitrogens with two attached hydrogens (primary N) is 2. The van der Waals surface area contributed by atoms with E-state index in [9.17, 15) is 10.2 Å². The van der Waals surface area contributed by atoms with Gasteiger partial charge in [-0.25, -0.2) is 15.0 Å². The summed E-state index contributed by atoms with van der Waals surface area (Å²) in [6, 6.07) is 0. The van der Waals surface area contributed by atoms with Crippen molar-refractivity contribution in [3.8, 4) is 0 Å². The highest BCUT2D eigenvalue weighted by Gasteiger charge is 2.36. The Bertz CT molecular complexity index is 677. The molecular formula is C13H21N7O3. The minimum absolute atomic E-state index is 0.253. The smallest absolute Gasteiger partial charge is 0.207 e. The van der Waals surface area contributed by atoms with Gasteiger partial charge in [-0.1, -0.05) is 0 Å². The Labute approximate surface area is 132 Å². The SMILES string of the molecule is NCCCNc1nc2c(N)ncnc2n1[C@H]1C[C@H](O)[C@@H](CO)O1. The molecule has 3 rings (SSSR count). The second kappa shape index (κ2) is 6.62. The lowest BCUT2D eigenvalue weighted by atomic mass is 10.2. The van der Waals surface area contributed by atoms with Crippen LogP contribution in [0, 0.1) is 0 Å². The van der Waals surface area contributed by atoms with Gasteiger partial charge in [-0.05, 0) is 13.0 Å². The molecule has 2 aromatic heterocycles. The zero-order valence-electron chi connectivity index (χ0n) is 12.6. The van der Waals surface area contributed by atoms with Gasteiger partial charge in [0.25, 0.3) is 0 Å². The number of rotatable bonds is 6. The molecule has 0 radical (unpaired) electrons. The first kappa shape index (κ1) is 15.9. The number of aliphatic hydroxyl groups excluding tert-OH is 2. The summed E-state index contributed by atoms with van der Waals surface area (Å²) in [7, 11) is 0. The van der Waals surface area contributed by atoms with E-state index in [1.807, 2.05) is 0 Å². The third-order valence-electron chi connectivity index (χ3n) is 3.84. The van der Waals surface area contributed by atoms with Gasteiger partial charge in [0, 0.05) is 13.0 Å². The summed E-state index contributed by atoms with van der Waals surface area (Å²) in [4.78, 5) is 12.6. The van der Waals surface area contributed by atoms with Gasteiger partial charge in [-0.15, -0.1) is 0 Å². The van der Waals surface area contributed by atoms with E-state index in [4.69, 9.17) is 16.2 Å². The molecule has 126 valence electrons. The molecule has 2 aromatic rings. The highest BCUT2D eigenvalue weighted by Crippen LogP contribution is 2.34. The Balaban J connectivity index is 1.99. The van der Waals surface area contributed by atoms with Crippen molar-refractivity contribution in [2.24, 2.45) is 5.73 Å². The molecule has 0 bridgehead atoms. The summed E-state index contributed by atoms with van der Waals surface area (Å²) in [6.07, 6.45) is 0.576. The molecule has 1 aliphatic heterocycles. The van der Waals surface area contributed by atoms with Crippen LogP contribution in [-0.2, 0) is 4.74 Å². The second-order valence-corrected chi connectivity index (χ2v) is 5.42. The maximum Gasteiger partial charge on any atom is 0.207 e. The monoisotopic (exact) mass is 323 g/mol. The average molecular weight is 323 g/mol. The highest BCUT2D eigenvalue weighted by molar-refractivity contribution is 5.84. The predicted octanol–water partition coefficient (Wildman–Crippen LogP) is -1.19. The van der Waals surface area contributed by atoms with Crippen molar-refractivity contribution in [3.05, 3.63) is 6.33 Å². The van der Waals surface area contributed by atoms with Crippen LogP contribution in [0.25, 0.3) is 11.2 Å². The summed E-state index contributed by atoms with van der Waals surface area (Å²) < 4.78 is 7.46. The first-order valence-corrected chi connectivity index (χ1v) is 7.52. The summed E-state index contributed by atoms with van der Waals surface area (Å²) in [5, 5.41) is 22.4. The molecule has 3 heterocycles. The molecule has 1 fully saturated rings. The number of hydrogen-bond acceptors (Lipinski definition) is 9. The van der Waals surface area contributed by atoms with Crippen molar-refractivity contribution in [1.82, 2.24) is 19.5 Å². The summed E-state index contributed by atoms with van der Waals surface area (Å²) in [5.41, 5.74) is 12.4. The molecule has 7 N–H and O–H groups in total.